The van der Waals surface area contributed by atoms with Crippen molar-refractivity contribution >= 4 is 23.1 Å². The minimum Gasteiger partial charge on any atom is -0.480 e. The Morgan fingerprint density at radius 1 is 1.18 bits per heavy atom. The molecule has 1 aliphatic rings. The number of fused-ring (bicyclic) bond motifs is 1. The van der Waals surface area contributed by atoms with Gasteiger partial charge in [0, 0.05) is 18.3 Å². The van der Waals surface area contributed by atoms with Crippen LogP contribution in [-0.4, -0.2) is 80.9 Å². The summed E-state index contributed by atoms with van der Waals surface area (Å²) >= 11 is 0. The molecule has 1 saturated heterocycles. The summed E-state index contributed by atoms with van der Waals surface area (Å²) in [4.78, 5) is 34.5. The van der Waals surface area contributed by atoms with Gasteiger partial charge < -0.3 is 25.4 Å². The lowest BCUT2D eigenvalue weighted by Gasteiger charge is -2.22. The van der Waals surface area contributed by atoms with Gasteiger partial charge in [0.1, 0.15) is 30.2 Å². The average molecular weight is 554 g/mol. The molecule has 0 bridgehead atoms. The lowest BCUT2D eigenvalue weighted by molar-refractivity contribution is -0.140. The minimum absolute atomic E-state index is 0.0597. The Kier molecular flexibility index (Phi) is 7.38. The fraction of sp³-hybridized carbons (Fsp3) is 0.458. The number of aromatic nitrogens is 4. The zero-order valence-corrected chi connectivity index (χ0v) is 21.5. The maximum absolute atomic E-state index is 14.8. The highest BCUT2D eigenvalue weighted by Gasteiger charge is 2.38. The van der Waals surface area contributed by atoms with E-state index in [0.717, 1.165) is 16.9 Å². The van der Waals surface area contributed by atoms with Gasteiger partial charge in [0.25, 0.3) is 5.91 Å². The molecule has 2 atom stereocenters. The van der Waals surface area contributed by atoms with Gasteiger partial charge in [0.2, 0.25) is 11.8 Å². The van der Waals surface area contributed by atoms with Crippen LogP contribution in [0.3, 0.4) is 0 Å². The van der Waals surface area contributed by atoms with Crippen molar-refractivity contribution in [3.05, 3.63) is 35.8 Å². The third kappa shape index (κ3) is 5.87. The van der Waals surface area contributed by atoms with Crippen molar-refractivity contribution < 1.29 is 36.6 Å². The van der Waals surface area contributed by atoms with Crippen molar-refractivity contribution in [1.82, 2.24) is 29.8 Å². The summed E-state index contributed by atoms with van der Waals surface area (Å²) in [5.41, 5.74) is 3.50. The number of nitrogens with two attached hydrogens (primary N) is 1. The summed E-state index contributed by atoms with van der Waals surface area (Å²) in [5, 5.41) is 6.42. The van der Waals surface area contributed by atoms with E-state index >= 15 is 0 Å². The molecule has 0 saturated carbocycles. The van der Waals surface area contributed by atoms with Gasteiger partial charge in [-0.05, 0) is 32.9 Å². The third-order valence-corrected chi connectivity index (χ3v) is 6.02. The maximum atomic E-state index is 14.8. The number of halogens is 4. The van der Waals surface area contributed by atoms with E-state index in [1.165, 1.54) is 24.3 Å². The predicted molar refractivity (Wildman–Crippen MR) is 131 cm³/mol. The molecule has 4 heterocycles. The topological polar surface area (TPSA) is 137 Å². The van der Waals surface area contributed by atoms with E-state index < -0.39 is 46.9 Å². The number of hydrogen-bond donors (Lipinski definition) is 2. The Morgan fingerprint density at radius 3 is 2.54 bits per heavy atom. The first-order chi connectivity index (χ1) is 18.2. The monoisotopic (exact) mass is 553 g/mol. The molecular formula is C24H27F4N7O4. The molecule has 11 nitrogen and oxygen atoms in total. The lowest BCUT2D eigenvalue weighted by Crippen LogP contribution is -2.42. The molecule has 39 heavy (non-hydrogen) atoms. The van der Waals surface area contributed by atoms with Gasteiger partial charge in [0.15, 0.2) is 5.82 Å². The fourth-order valence-corrected chi connectivity index (χ4v) is 4.13. The highest BCUT2D eigenvalue weighted by atomic mass is 19.4. The van der Waals surface area contributed by atoms with E-state index in [4.69, 9.17) is 15.2 Å². The first-order valence-electron chi connectivity index (χ1n) is 11.8. The molecule has 3 aromatic heterocycles. The lowest BCUT2D eigenvalue weighted by atomic mass is 10.1. The van der Waals surface area contributed by atoms with Crippen LogP contribution < -0.4 is 15.8 Å². The number of likely N-dealkylation sites (tertiary alicyclic amines) is 1. The summed E-state index contributed by atoms with van der Waals surface area (Å²) < 4.78 is 67.5. The summed E-state index contributed by atoms with van der Waals surface area (Å²) in [6, 6.07) is 1.04. The smallest absolute Gasteiger partial charge is 0.418 e. The Labute approximate surface area is 220 Å². The quantitative estimate of drug-likeness (QED) is 0.445. The second kappa shape index (κ2) is 10.3. The Balaban J connectivity index is 1.61. The van der Waals surface area contributed by atoms with Crippen LogP contribution in [0.1, 0.15) is 36.7 Å². The molecule has 1 fully saturated rings. The van der Waals surface area contributed by atoms with Gasteiger partial charge in [-0.25, -0.2) is 18.9 Å². The molecular weight excluding hydrogens is 526 g/mol. The SMILES string of the molecule is COc1ncc(-c2cc(C(F)(F)F)c3c(N)ncnn23)cc1C(=O)N[C@@H]1CN(C(=O)COC(C)(C)C)C[C@@H]1F. The van der Waals surface area contributed by atoms with Crippen molar-refractivity contribution in [2.75, 3.05) is 32.5 Å². The third-order valence-electron chi connectivity index (χ3n) is 6.02. The van der Waals surface area contributed by atoms with Crippen molar-refractivity contribution in [2.24, 2.45) is 0 Å². The number of pyridine rings is 1. The molecule has 15 heteroatoms. The number of ether oxygens (including phenoxy) is 2. The Morgan fingerprint density at radius 2 is 1.90 bits per heavy atom. The molecule has 3 N–H and O–H groups in total. The van der Waals surface area contributed by atoms with Crippen LogP contribution in [0, 0.1) is 0 Å². The van der Waals surface area contributed by atoms with Crippen molar-refractivity contribution in [1.29, 1.82) is 0 Å². The number of hydrogen-bond acceptors (Lipinski definition) is 8. The molecule has 0 aliphatic carbocycles. The molecule has 210 valence electrons. The average Bonchev–Trinajstić information content (AvgIpc) is 3.43. The second-order valence-corrected chi connectivity index (χ2v) is 9.92. The summed E-state index contributed by atoms with van der Waals surface area (Å²) in [6.45, 7) is 4.78. The van der Waals surface area contributed by atoms with Crippen LogP contribution >= 0.6 is 0 Å². The number of anilines is 1. The number of amides is 2. The number of nitrogens with one attached hydrogen (secondary N) is 1. The van der Waals surface area contributed by atoms with E-state index in [9.17, 15) is 27.2 Å². The van der Waals surface area contributed by atoms with Crippen LogP contribution in [0.25, 0.3) is 16.8 Å². The maximum Gasteiger partial charge on any atom is 0.418 e. The van der Waals surface area contributed by atoms with Crippen molar-refractivity contribution in [3.63, 3.8) is 0 Å². The van der Waals surface area contributed by atoms with Crippen LogP contribution in [0.5, 0.6) is 5.88 Å². The minimum atomic E-state index is -4.76. The summed E-state index contributed by atoms with van der Waals surface area (Å²) in [7, 11) is 1.25. The van der Waals surface area contributed by atoms with Gasteiger partial charge >= 0.3 is 6.18 Å². The highest BCUT2D eigenvalue weighted by molar-refractivity contribution is 5.98. The molecule has 0 aromatic carbocycles. The van der Waals surface area contributed by atoms with Crippen LogP contribution in [-0.2, 0) is 15.7 Å². The van der Waals surface area contributed by atoms with Gasteiger partial charge in [-0.15, -0.1) is 0 Å². The van der Waals surface area contributed by atoms with Crippen molar-refractivity contribution in [3.8, 4) is 17.1 Å². The Hall–Kier alpha value is -4.01. The first-order valence-corrected chi connectivity index (χ1v) is 11.8. The van der Waals surface area contributed by atoms with Crippen molar-refractivity contribution in [2.45, 2.75) is 44.8 Å². The number of carbonyl (C=O) groups is 2. The number of carbonyl (C=O) groups excluding carboxylic acids is 2. The largest absolute Gasteiger partial charge is 0.480 e. The van der Waals surface area contributed by atoms with Gasteiger partial charge in [-0.1, -0.05) is 0 Å². The summed E-state index contributed by atoms with van der Waals surface area (Å²) in [5.74, 6) is -1.74. The number of methoxy groups -OCH3 is 1. The van der Waals surface area contributed by atoms with E-state index in [-0.39, 0.29) is 48.2 Å². The van der Waals surface area contributed by atoms with Gasteiger partial charge in [-0.3, -0.25) is 9.59 Å². The second-order valence-electron chi connectivity index (χ2n) is 9.92. The number of alkyl halides is 4. The number of nitrogen functional groups attached to an aromatic ring is 1. The molecule has 4 rings (SSSR count). The molecule has 2 amide bonds. The number of rotatable bonds is 6. The number of nitrogens with zero attached hydrogens (tertiary/aromatic N) is 5. The van der Waals surface area contributed by atoms with E-state index in [2.05, 4.69) is 20.4 Å². The first kappa shape index (κ1) is 28.0. The molecule has 0 radical (unpaired) electrons. The normalized spacial score (nSPS) is 18.0. The zero-order chi connectivity index (χ0) is 28.7. The van der Waals surface area contributed by atoms with Gasteiger partial charge in [-0.2, -0.15) is 18.3 Å². The molecule has 0 spiro atoms. The van der Waals surface area contributed by atoms with Crippen LogP contribution in [0.2, 0.25) is 0 Å². The molecule has 0 unspecified atom stereocenters. The van der Waals surface area contributed by atoms with E-state index in [1.807, 2.05) is 0 Å². The molecule has 3 aromatic rings. The van der Waals surface area contributed by atoms with E-state index in [1.54, 1.807) is 20.8 Å². The molecule has 1 aliphatic heterocycles. The van der Waals surface area contributed by atoms with Crippen LogP contribution in [0.4, 0.5) is 23.4 Å². The zero-order valence-electron chi connectivity index (χ0n) is 21.5. The van der Waals surface area contributed by atoms with Crippen LogP contribution in [0.15, 0.2) is 24.7 Å². The van der Waals surface area contributed by atoms with E-state index in [0.29, 0.717) is 0 Å². The highest BCUT2D eigenvalue weighted by Crippen LogP contribution is 2.39. The standard InChI is InChI=1S/C24H27F4N7O4/c1-23(2,3)39-10-18(36)34-8-15(25)16(9-34)33-21(37)13-5-12(7-30-22(13)38-4)17-6-14(24(26,27)28)19-20(29)31-11-32-35(17)19/h5-7,11,15-16H,8-10H2,1-4H3,(H,33,37)(H2,29,31,32)/t15-,16+/m0/s1. The predicted octanol–water partition coefficient (Wildman–Crippen LogP) is 2.49. The summed E-state index contributed by atoms with van der Waals surface area (Å²) in [6.07, 6.45) is -4.11. The fourth-order valence-electron chi connectivity index (χ4n) is 4.13. The Bertz CT molecular complexity index is 1400. The van der Waals surface area contributed by atoms with Gasteiger partial charge in [0.05, 0.1) is 36.6 Å².